The van der Waals surface area contributed by atoms with Crippen LogP contribution in [0.25, 0.3) is 0 Å². The Morgan fingerprint density at radius 1 is 1.29 bits per heavy atom. The van der Waals surface area contributed by atoms with Crippen LogP contribution in [0.3, 0.4) is 0 Å². The van der Waals surface area contributed by atoms with Crippen molar-refractivity contribution >= 4 is 12.0 Å². The van der Waals surface area contributed by atoms with Crippen LogP contribution >= 0.6 is 0 Å². The Morgan fingerprint density at radius 2 is 1.95 bits per heavy atom. The van der Waals surface area contributed by atoms with Gasteiger partial charge in [-0.1, -0.05) is 35.4 Å². The lowest BCUT2D eigenvalue weighted by Gasteiger charge is -2.26. The van der Waals surface area contributed by atoms with Crippen LogP contribution in [-0.4, -0.2) is 31.9 Å². The number of benzene rings is 1. The summed E-state index contributed by atoms with van der Waals surface area (Å²) < 4.78 is 6.87. The summed E-state index contributed by atoms with van der Waals surface area (Å²) in [5.74, 6) is 0.341. The zero-order valence-electron chi connectivity index (χ0n) is 12.6. The molecule has 1 aromatic carbocycles. The molecule has 0 saturated carbocycles. The molecule has 7 heteroatoms. The lowest BCUT2D eigenvalue weighted by molar-refractivity contribution is 0.0574. The molecule has 0 aliphatic heterocycles. The molecular formula is C14H19N5O2. The highest BCUT2D eigenvalue weighted by Crippen LogP contribution is 2.17. The van der Waals surface area contributed by atoms with Crippen molar-refractivity contribution in [3.63, 3.8) is 0 Å². The van der Waals surface area contributed by atoms with E-state index in [2.05, 4.69) is 15.5 Å². The summed E-state index contributed by atoms with van der Waals surface area (Å²) in [5.41, 5.74) is 0.379. The van der Waals surface area contributed by atoms with E-state index in [1.807, 2.05) is 51.1 Å². The second-order valence-electron chi connectivity index (χ2n) is 5.65. The molecule has 1 aromatic heterocycles. The quantitative estimate of drug-likeness (QED) is 0.865. The number of rotatable bonds is 3. The van der Waals surface area contributed by atoms with Gasteiger partial charge < -0.3 is 4.74 Å². The minimum absolute atomic E-state index is 0.337. The second kappa shape index (κ2) is 5.90. The number of carbonyl (C=O) groups excluding carboxylic acids is 1. The van der Waals surface area contributed by atoms with Crippen LogP contribution in [-0.2, 0) is 18.3 Å². The van der Waals surface area contributed by atoms with Gasteiger partial charge in [-0.05, 0) is 36.8 Å². The summed E-state index contributed by atoms with van der Waals surface area (Å²) in [6.07, 6.45) is -0.482. The number of tetrazole rings is 1. The molecular weight excluding hydrogens is 270 g/mol. The molecule has 1 amide bonds. The van der Waals surface area contributed by atoms with Crippen molar-refractivity contribution in [2.24, 2.45) is 7.05 Å². The van der Waals surface area contributed by atoms with Gasteiger partial charge in [0.2, 0.25) is 0 Å². The number of hydrogen-bond acceptors (Lipinski definition) is 5. The third-order valence-electron chi connectivity index (χ3n) is 2.64. The van der Waals surface area contributed by atoms with Gasteiger partial charge in [-0.25, -0.2) is 14.4 Å². The van der Waals surface area contributed by atoms with Crippen LogP contribution in [0.15, 0.2) is 30.3 Å². The van der Waals surface area contributed by atoms with Gasteiger partial charge in [0.1, 0.15) is 5.60 Å². The maximum atomic E-state index is 12.4. The Morgan fingerprint density at radius 3 is 2.48 bits per heavy atom. The summed E-state index contributed by atoms with van der Waals surface area (Å²) in [5, 5.41) is 11.2. The Balaban J connectivity index is 2.27. The van der Waals surface area contributed by atoms with Gasteiger partial charge >= 0.3 is 6.09 Å². The van der Waals surface area contributed by atoms with E-state index in [1.165, 1.54) is 9.58 Å². The normalized spacial score (nSPS) is 11.2. The van der Waals surface area contributed by atoms with Crippen LogP contribution in [0.1, 0.15) is 26.3 Å². The highest BCUT2D eigenvalue weighted by molar-refractivity contribution is 5.85. The van der Waals surface area contributed by atoms with E-state index >= 15 is 0 Å². The fourth-order valence-corrected chi connectivity index (χ4v) is 1.75. The minimum Gasteiger partial charge on any atom is -0.443 e. The molecule has 0 aliphatic carbocycles. The third kappa shape index (κ3) is 4.01. The van der Waals surface area contributed by atoms with Crippen molar-refractivity contribution < 1.29 is 9.53 Å². The predicted octanol–water partition coefficient (Wildman–Crippen LogP) is 2.15. The Labute approximate surface area is 123 Å². The highest BCUT2D eigenvalue weighted by atomic mass is 16.6. The van der Waals surface area contributed by atoms with Crippen LogP contribution in [0, 0.1) is 0 Å². The van der Waals surface area contributed by atoms with Gasteiger partial charge in [-0.3, -0.25) is 0 Å². The molecule has 0 atom stereocenters. The number of amides is 1. The molecule has 0 fully saturated rings. The molecule has 0 spiro atoms. The minimum atomic E-state index is -0.585. The summed E-state index contributed by atoms with van der Waals surface area (Å²) in [6, 6.07) is 9.61. The van der Waals surface area contributed by atoms with E-state index in [0.29, 0.717) is 12.5 Å². The Kier molecular flexibility index (Phi) is 4.21. The Bertz CT molecular complexity index is 603. The fraction of sp³-hybridized carbons (Fsp3) is 0.429. The number of hydrogen-bond donors (Lipinski definition) is 0. The number of aryl methyl sites for hydroxylation is 1. The third-order valence-corrected chi connectivity index (χ3v) is 2.64. The lowest BCUT2D eigenvalue weighted by Crippen LogP contribution is -2.38. The van der Waals surface area contributed by atoms with Crippen LogP contribution < -0.4 is 4.90 Å². The molecule has 0 unspecified atom stereocenters. The molecule has 0 aliphatic rings. The monoisotopic (exact) mass is 289 g/mol. The highest BCUT2D eigenvalue weighted by Gasteiger charge is 2.26. The molecule has 0 N–H and O–H groups in total. The first kappa shape index (κ1) is 15.0. The summed E-state index contributed by atoms with van der Waals surface area (Å²) in [4.78, 5) is 13.8. The van der Waals surface area contributed by atoms with Gasteiger partial charge in [-0.2, -0.15) is 0 Å². The molecule has 0 bridgehead atoms. The van der Waals surface area contributed by atoms with E-state index in [4.69, 9.17) is 4.74 Å². The average molecular weight is 289 g/mol. The fourth-order valence-electron chi connectivity index (χ4n) is 1.75. The van der Waals surface area contributed by atoms with Gasteiger partial charge in [0, 0.05) is 7.05 Å². The molecule has 112 valence electrons. The number of aromatic nitrogens is 4. The van der Waals surface area contributed by atoms with Crippen LogP contribution in [0.4, 0.5) is 10.7 Å². The van der Waals surface area contributed by atoms with E-state index in [-0.39, 0.29) is 0 Å². The van der Waals surface area contributed by atoms with E-state index in [1.54, 1.807) is 7.05 Å². The number of carbonyl (C=O) groups is 1. The topological polar surface area (TPSA) is 73.1 Å². The molecule has 0 saturated heterocycles. The standard InChI is InChI=1S/C14H19N5O2/c1-14(2,3)21-13(20)19(12-15-16-17-18(12)4)10-11-8-6-5-7-9-11/h5-9H,10H2,1-4H3. The molecule has 0 radical (unpaired) electrons. The lowest BCUT2D eigenvalue weighted by atomic mass is 10.2. The summed E-state index contributed by atoms with van der Waals surface area (Å²) in [7, 11) is 1.68. The number of anilines is 1. The van der Waals surface area contributed by atoms with E-state index < -0.39 is 11.7 Å². The predicted molar refractivity (Wildman–Crippen MR) is 77.7 cm³/mol. The van der Waals surface area contributed by atoms with Crippen LogP contribution in [0.5, 0.6) is 0 Å². The van der Waals surface area contributed by atoms with Crippen molar-refractivity contribution in [3.8, 4) is 0 Å². The number of nitrogens with zero attached hydrogens (tertiary/aromatic N) is 5. The molecule has 7 nitrogen and oxygen atoms in total. The first-order chi connectivity index (χ1) is 9.87. The number of ether oxygens (including phenoxy) is 1. The van der Waals surface area contributed by atoms with E-state index in [9.17, 15) is 4.79 Å². The largest absolute Gasteiger partial charge is 0.443 e. The van der Waals surface area contributed by atoms with Crippen LogP contribution in [0.2, 0.25) is 0 Å². The zero-order valence-corrected chi connectivity index (χ0v) is 12.6. The smallest absolute Gasteiger partial charge is 0.417 e. The molecule has 2 rings (SSSR count). The van der Waals surface area contributed by atoms with E-state index in [0.717, 1.165) is 5.56 Å². The van der Waals surface area contributed by atoms with Crippen molar-refractivity contribution in [3.05, 3.63) is 35.9 Å². The van der Waals surface area contributed by atoms with Gasteiger partial charge in [-0.15, -0.1) is 0 Å². The van der Waals surface area contributed by atoms with Crippen molar-refractivity contribution in [2.45, 2.75) is 32.9 Å². The average Bonchev–Trinajstić information content (AvgIpc) is 2.81. The molecule has 2 aromatic rings. The van der Waals surface area contributed by atoms with Gasteiger partial charge in [0.05, 0.1) is 6.54 Å². The molecule has 1 heterocycles. The van der Waals surface area contributed by atoms with Crippen molar-refractivity contribution in [1.82, 2.24) is 20.2 Å². The van der Waals surface area contributed by atoms with Crippen molar-refractivity contribution in [2.75, 3.05) is 4.90 Å². The SMILES string of the molecule is Cn1nnnc1N(Cc1ccccc1)C(=O)OC(C)(C)C. The molecule has 21 heavy (non-hydrogen) atoms. The maximum Gasteiger partial charge on any atom is 0.417 e. The van der Waals surface area contributed by atoms with Crippen molar-refractivity contribution in [1.29, 1.82) is 0 Å². The zero-order chi connectivity index (χ0) is 15.5. The first-order valence-electron chi connectivity index (χ1n) is 6.63. The van der Waals surface area contributed by atoms with Gasteiger partial charge in [0.15, 0.2) is 0 Å². The second-order valence-corrected chi connectivity index (χ2v) is 5.65. The Hall–Kier alpha value is -2.44. The first-order valence-corrected chi connectivity index (χ1v) is 6.63. The summed E-state index contributed by atoms with van der Waals surface area (Å²) >= 11 is 0. The summed E-state index contributed by atoms with van der Waals surface area (Å²) in [6.45, 7) is 5.80. The van der Waals surface area contributed by atoms with Gasteiger partial charge in [0.25, 0.3) is 5.95 Å². The maximum absolute atomic E-state index is 12.4.